The van der Waals surface area contributed by atoms with Crippen LogP contribution >= 0.6 is 0 Å². The monoisotopic (exact) mass is 299 g/mol. The Hall–Kier alpha value is -3.49. The number of amides is 1. The molecule has 1 amide bonds. The molecule has 0 bridgehead atoms. The van der Waals surface area contributed by atoms with Gasteiger partial charge in [0.05, 0.1) is 18.0 Å². The normalized spacial score (nSPS) is 10.4. The fourth-order valence-electron chi connectivity index (χ4n) is 1.75. The average Bonchev–Trinajstić information content (AvgIpc) is 3.20. The number of hydrogen-bond acceptors (Lipinski definition) is 6. The third-order valence-electron chi connectivity index (χ3n) is 2.77. The van der Waals surface area contributed by atoms with Crippen molar-refractivity contribution in [2.75, 3.05) is 5.32 Å². The molecule has 3 aromatic rings. The highest BCUT2D eigenvalue weighted by molar-refractivity contribution is 6.02. The number of furan rings is 1. The van der Waals surface area contributed by atoms with Gasteiger partial charge in [0.25, 0.3) is 5.91 Å². The molecule has 0 aliphatic carbocycles. The minimum atomic E-state index is -0.710. The van der Waals surface area contributed by atoms with Crippen LogP contribution in [0.4, 0.5) is 11.6 Å². The molecule has 0 saturated carbocycles. The number of pyridine rings is 1. The predicted octanol–water partition coefficient (Wildman–Crippen LogP) is 2.02. The average molecular weight is 299 g/mol. The summed E-state index contributed by atoms with van der Waals surface area (Å²) in [5.74, 6) is -0.585. The molecular formula is C13H9N5O4. The number of aromatic nitrogens is 3. The molecule has 3 rings (SSSR count). The van der Waals surface area contributed by atoms with Gasteiger partial charge in [0.2, 0.25) is 0 Å². The second kappa shape index (κ2) is 5.48. The molecule has 9 heteroatoms. The fourth-order valence-corrected chi connectivity index (χ4v) is 1.75. The van der Waals surface area contributed by atoms with Crippen molar-refractivity contribution in [3.8, 4) is 5.82 Å². The van der Waals surface area contributed by atoms with Crippen LogP contribution in [-0.2, 0) is 0 Å². The molecule has 0 aromatic carbocycles. The van der Waals surface area contributed by atoms with Crippen LogP contribution in [0.3, 0.4) is 0 Å². The molecule has 0 radical (unpaired) electrons. The zero-order valence-corrected chi connectivity index (χ0v) is 11.0. The zero-order valence-electron chi connectivity index (χ0n) is 11.0. The first-order valence-corrected chi connectivity index (χ1v) is 6.13. The highest BCUT2D eigenvalue weighted by Gasteiger charge is 2.17. The van der Waals surface area contributed by atoms with E-state index in [-0.39, 0.29) is 5.76 Å². The molecule has 0 aliphatic heterocycles. The quantitative estimate of drug-likeness (QED) is 0.582. The SMILES string of the molecule is O=C(Nc1ccc(-n2ccnc2)nc1)c1ccc([N+](=O)[O-])o1. The topological polar surface area (TPSA) is 116 Å². The van der Waals surface area contributed by atoms with Crippen molar-refractivity contribution >= 4 is 17.5 Å². The van der Waals surface area contributed by atoms with Gasteiger partial charge in [-0.1, -0.05) is 0 Å². The van der Waals surface area contributed by atoms with E-state index in [4.69, 9.17) is 4.42 Å². The van der Waals surface area contributed by atoms with Crippen LogP contribution < -0.4 is 5.32 Å². The van der Waals surface area contributed by atoms with Gasteiger partial charge in [-0.15, -0.1) is 0 Å². The summed E-state index contributed by atoms with van der Waals surface area (Å²) in [4.78, 5) is 29.8. The van der Waals surface area contributed by atoms with Crippen LogP contribution in [0.15, 0.2) is 53.6 Å². The first kappa shape index (κ1) is 13.5. The summed E-state index contributed by atoms with van der Waals surface area (Å²) >= 11 is 0. The molecular weight excluding hydrogens is 290 g/mol. The molecule has 110 valence electrons. The van der Waals surface area contributed by atoms with E-state index in [9.17, 15) is 14.9 Å². The van der Waals surface area contributed by atoms with Gasteiger partial charge in [-0.3, -0.25) is 19.5 Å². The second-order valence-corrected chi connectivity index (χ2v) is 4.22. The number of anilines is 1. The Labute approximate surface area is 123 Å². The molecule has 22 heavy (non-hydrogen) atoms. The lowest BCUT2D eigenvalue weighted by Gasteiger charge is -2.04. The number of nitrogens with one attached hydrogen (secondary N) is 1. The van der Waals surface area contributed by atoms with E-state index < -0.39 is 16.7 Å². The molecule has 9 nitrogen and oxygen atoms in total. The summed E-state index contributed by atoms with van der Waals surface area (Å²) in [6, 6.07) is 5.70. The van der Waals surface area contributed by atoms with Crippen molar-refractivity contribution in [1.29, 1.82) is 0 Å². The number of rotatable bonds is 4. The van der Waals surface area contributed by atoms with E-state index in [0.29, 0.717) is 11.5 Å². The Morgan fingerprint density at radius 2 is 2.18 bits per heavy atom. The first-order valence-electron chi connectivity index (χ1n) is 6.13. The summed E-state index contributed by atoms with van der Waals surface area (Å²) in [5, 5.41) is 13.0. The minimum Gasteiger partial charge on any atom is -0.395 e. The molecule has 3 aromatic heterocycles. The number of nitro groups is 1. The van der Waals surface area contributed by atoms with Gasteiger partial charge in [0, 0.05) is 12.4 Å². The van der Waals surface area contributed by atoms with Gasteiger partial charge in [0.15, 0.2) is 5.76 Å². The molecule has 1 N–H and O–H groups in total. The molecule has 0 saturated heterocycles. The highest BCUT2D eigenvalue weighted by Crippen LogP contribution is 2.17. The standard InChI is InChI=1S/C13H9N5O4/c19-13(10-2-4-12(22-10)18(20)21)16-9-1-3-11(15-7-9)17-6-5-14-8-17/h1-8H,(H,16,19). The highest BCUT2D eigenvalue weighted by atomic mass is 16.6. The van der Waals surface area contributed by atoms with Crippen molar-refractivity contribution in [2.45, 2.75) is 0 Å². The maximum absolute atomic E-state index is 11.9. The van der Waals surface area contributed by atoms with Gasteiger partial charge >= 0.3 is 5.88 Å². The Bertz CT molecular complexity index is 807. The van der Waals surface area contributed by atoms with Crippen LogP contribution in [-0.4, -0.2) is 25.4 Å². The third-order valence-corrected chi connectivity index (χ3v) is 2.77. The Balaban J connectivity index is 1.72. The van der Waals surface area contributed by atoms with Crippen molar-refractivity contribution < 1.29 is 14.1 Å². The van der Waals surface area contributed by atoms with Crippen LogP contribution in [0, 0.1) is 10.1 Å². The number of hydrogen-bond donors (Lipinski definition) is 1. The molecule has 0 atom stereocenters. The Kier molecular flexibility index (Phi) is 3.36. The van der Waals surface area contributed by atoms with Crippen LogP contribution in [0.25, 0.3) is 5.82 Å². The van der Waals surface area contributed by atoms with E-state index >= 15 is 0 Å². The number of nitrogens with zero attached hydrogens (tertiary/aromatic N) is 4. The van der Waals surface area contributed by atoms with Gasteiger partial charge in [-0.25, -0.2) is 9.97 Å². The van der Waals surface area contributed by atoms with Gasteiger partial charge in [0.1, 0.15) is 17.1 Å². The van der Waals surface area contributed by atoms with Crippen molar-refractivity contribution in [3.63, 3.8) is 0 Å². The lowest BCUT2D eigenvalue weighted by Crippen LogP contribution is -2.11. The number of carbonyl (C=O) groups excluding carboxylic acids is 1. The van der Waals surface area contributed by atoms with Gasteiger partial charge < -0.3 is 9.73 Å². The number of carbonyl (C=O) groups is 1. The molecule has 0 unspecified atom stereocenters. The minimum absolute atomic E-state index is 0.148. The first-order chi connectivity index (χ1) is 10.6. The third kappa shape index (κ3) is 2.68. The zero-order chi connectivity index (χ0) is 15.5. The molecule has 0 spiro atoms. The van der Waals surface area contributed by atoms with E-state index in [1.165, 1.54) is 12.3 Å². The summed E-state index contributed by atoms with van der Waals surface area (Å²) in [7, 11) is 0. The predicted molar refractivity (Wildman–Crippen MR) is 74.7 cm³/mol. The molecule has 0 aliphatic rings. The van der Waals surface area contributed by atoms with Crippen LogP contribution in [0.5, 0.6) is 0 Å². The largest absolute Gasteiger partial charge is 0.433 e. The van der Waals surface area contributed by atoms with E-state index in [1.807, 2.05) is 0 Å². The van der Waals surface area contributed by atoms with Crippen LogP contribution in [0.1, 0.15) is 10.6 Å². The Morgan fingerprint density at radius 3 is 2.77 bits per heavy atom. The molecule has 0 fully saturated rings. The van der Waals surface area contributed by atoms with E-state index in [1.54, 1.807) is 35.4 Å². The lowest BCUT2D eigenvalue weighted by atomic mass is 10.3. The van der Waals surface area contributed by atoms with Gasteiger partial charge in [-0.2, -0.15) is 0 Å². The fraction of sp³-hybridized carbons (Fsp3) is 0. The van der Waals surface area contributed by atoms with E-state index in [2.05, 4.69) is 15.3 Å². The number of imidazole rings is 1. The summed E-state index contributed by atoms with van der Waals surface area (Å²) in [6.07, 6.45) is 6.43. The van der Waals surface area contributed by atoms with Crippen molar-refractivity contribution in [1.82, 2.24) is 14.5 Å². The summed E-state index contributed by atoms with van der Waals surface area (Å²) in [5.41, 5.74) is 0.438. The maximum atomic E-state index is 11.9. The van der Waals surface area contributed by atoms with Crippen LogP contribution in [0.2, 0.25) is 0 Å². The van der Waals surface area contributed by atoms with Crippen molar-refractivity contribution in [3.05, 3.63) is 65.1 Å². The summed E-state index contributed by atoms with van der Waals surface area (Å²) in [6.45, 7) is 0. The summed E-state index contributed by atoms with van der Waals surface area (Å²) < 4.78 is 6.53. The lowest BCUT2D eigenvalue weighted by molar-refractivity contribution is -0.402. The molecule has 3 heterocycles. The van der Waals surface area contributed by atoms with Gasteiger partial charge in [-0.05, 0) is 18.2 Å². The maximum Gasteiger partial charge on any atom is 0.433 e. The van der Waals surface area contributed by atoms with Crippen molar-refractivity contribution in [2.24, 2.45) is 0 Å². The Morgan fingerprint density at radius 1 is 1.32 bits per heavy atom. The smallest absolute Gasteiger partial charge is 0.395 e. The van der Waals surface area contributed by atoms with E-state index in [0.717, 1.165) is 6.07 Å². The second-order valence-electron chi connectivity index (χ2n) is 4.22.